The van der Waals surface area contributed by atoms with E-state index in [2.05, 4.69) is 6.92 Å². The minimum atomic E-state index is -2.38. The van der Waals surface area contributed by atoms with E-state index < -0.39 is 104 Å². The fourth-order valence-electron chi connectivity index (χ4n) is 5.91. The van der Waals surface area contributed by atoms with E-state index in [4.69, 9.17) is 33.2 Å². The standard InChI is InChI=1S/C35H60O15/c1-7-8-9-10-11-12-13-14-15-16-26(40)47-32-28(42)24(18-36)49-35(32,20-38)50-34-31(44-23(6)39)30(48-33(43)22(4)5)29(25(19-37)45-34)46-27(41)17-21(2)3/h21-22,24-25,28-32,34,36-38,42H,7-20H2,1-6H3. The summed E-state index contributed by atoms with van der Waals surface area (Å²) in [5, 5.41) is 41.9. The van der Waals surface area contributed by atoms with Crippen molar-refractivity contribution >= 4 is 23.9 Å². The molecule has 0 aromatic heterocycles. The van der Waals surface area contributed by atoms with Gasteiger partial charge in [0.2, 0.25) is 12.1 Å². The van der Waals surface area contributed by atoms with E-state index in [0.717, 1.165) is 32.6 Å². The van der Waals surface area contributed by atoms with Gasteiger partial charge < -0.3 is 53.6 Å². The molecule has 9 unspecified atom stereocenters. The molecular formula is C35H60O15. The maximum absolute atomic E-state index is 13.0. The second-order valence-electron chi connectivity index (χ2n) is 13.8. The lowest BCUT2D eigenvalue weighted by molar-refractivity contribution is -0.384. The van der Waals surface area contributed by atoms with Gasteiger partial charge in [0.25, 0.3) is 0 Å². The molecule has 0 bridgehead atoms. The third-order valence-electron chi connectivity index (χ3n) is 8.57. The molecule has 2 aliphatic rings. The lowest BCUT2D eigenvalue weighted by atomic mass is 9.97. The first-order chi connectivity index (χ1) is 23.7. The van der Waals surface area contributed by atoms with Crippen molar-refractivity contribution in [3.8, 4) is 0 Å². The summed E-state index contributed by atoms with van der Waals surface area (Å²) in [5.74, 6) is -6.21. The number of carbonyl (C=O) groups excluding carboxylic acids is 4. The molecule has 4 N–H and O–H groups in total. The van der Waals surface area contributed by atoms with Gasteiger partial charge in [0, 0.05) is 19.8 Å². The van der Waals surface area contributed by atoms with Gasteiger partial charge in [-0.2, -0.15) is 0 Å². The van der Waals surface area contributed by atoms with Crippen LogP contribution in [0.3, 0.4) is 0 Å². The molecule has 0 radical (unpaired) electrons. The number of aliphatic hydroxyl groups excluding tert-OH is 4. The molecule has 2 fully saturated rings. The second kappa shape index (κ2) is 21.8. The van der Waals surface area contributed by atoms with Crippen molar-refractivity contribution in [2.24, 2.45) is 11.8 Å². The summed E-state index contributed by atoms with van der Waals surface area (Å²) in [6, 6.07) is 0. The van der Waals surface area contributed by atoms with Gasteiger partial charge in [-0.15, -0.1) is 0 Å². The zero-order valence-electron chi connectivity index (χ0n) is 30.5. The summed E-state index contributed by atoms with van der Waals surface area (Å²) >= 11 is 0. The smallest absolute Gasteiger partial charge is 0.308 e. The topological polar surface area (TPSA) is 214 Å². The van der Waals surface area contributed by atoms with Crippen LogP contribution >= 0.6 is 0 Å². The molecule has 0 saturated carbocycles. The fourth-order valence-corrected chi connectivity index (χ4v) is 5.91. The van der Waals surface area contributed by atoms with Gasteiger partial charge in [-0.25, -0.2) is 0 Å². The van der Waals surface area contributed by atoms with Gasteiger partial charge in [0.05, 0.1) is 19.1 Å². The van der Waals surface area contributed by atoms with E-state index in [1.807, 2.05) is 0 Å². The van der Waals surface area contributed by atoms with Gasteiger partial charge in [-0.3, -0.25) is 19.2 Å². The van der Waals surface area contributed by atoms with Crippen LogP contribution in [-0.4, -0.2) is 119 Å². The Labute approximate surface area is 295 Å². The van der Waals surface area contributed by atoms with Crippen LogP contribution in [0.15, 0.2) is 0 Å². The molecule has 50 heavy (non-hydrogen) atoms. The molecule has 2 saturated heterocycles. The van der Waals surface area contributed by atoms with E-state index in [0.29, 0.717) is 6.42 Å². The molecule has 0 aromatic rings. The first-order valence-corrected chi connectivity index (χ1v) is 18.0. The zero-order valence-corrected chi connectivity index (χ0v) is 30.5. The molecule has 9 atom stereocenters. The molecule has 15 heteroatoms. The summed E-state index contributed by atoms with van der Waals surface area (Å²) < 4.78 is 40.2. The van der Waals surface area contributed by atoms with Gasteiger partial charge in [-0.05, 0) is 12.3 Å². The van der Waals surface area contributed by atoms with Crippen LogP contribution in [-0.2, 0) is 52.3 Å². The van der Waals surface area contributed by atoms with Crippen molar-refractivity contribution in [1.82, 2.24) is 0 Å². The average molecular weight is 721 g/mol. The van der Waals surface area contributed by atoms with E-state index in [9.17, 15) is 39.6 Å². The van der Waals surface area contributed by atoms with Crippen LogP contribution < -0.4 is 0 Å². The highest BCUT2D eigenvalue weighted by Crippen LogP contribution is 2.39. The summed E-state index contributed by atoms with van der Waals surface area (Å²) in [4.78, 5) is 51.0. The largest absolute Gasteiger partial charge is 0.455 e. The quantitative estimate of drug-likeness (QED) is 0.0718. The van der Waals surface area contributed by atoms with Crippen LogP contribution in [0.4, 0.5) is 0 Å². The molecule has 0 amide bonds. The molecule has 0 spiro atoms. The Kier molecular flexibility index (Phi) is 19.1. The van der Waals surface area contributed by atoms with Crippen molar-refractivity contribution in [3.63, 3.8) is 0 Å². The first kappa shape index (κ1) is 43.8. The predicted octanol–water partition coefficient (Wildman–Crippen LogP) is 2.45. The fraction of sp³-hybridized carbons (Fsp3) is 0.886. The minimum absolute atomic E-state index is 0.00357. The molecule has 15 nitrogen and oxygen atoms in total. The predicted molar refractivity (Wildman–Crippen MR) is 176 cm³/mol. The third-order valence-corrected chi connectivity index (χ3v) is 8.57. The Morgan fingerprint density at radius 2 is 1.34 bits per heavy atom. The Morgan fingerprint density at radius 1 is 0.740 bits per heavy atom. The number of hydrogen-bond acceptors (Lipinski definition) is 15. The minimum Gasteiger partial charge on any atom is -0.455 e. The van der Waals surface area contributed by atoms with Crippen LogP contribution in [0.5, 0.6) is 0 Å². The van der Waals surface area contributed by atoms with E-state index in [1.165, 1.54) is 25.7 Å². The van der Waals surface area contributed by atoms with Crippen molar-refractivity contribution < 1.29 is 72.8 Å². The Hall–Kier alpha value is -2.40. The van der Waals surface area contributed by atoms with Gasteiger partial charge in [0.1, 0.15) is 24.9 Å². The van der Waals surface area contributed by atoms with Crippen molar-refractivity contribution in [3.05, 3.63) is 0 Å². The highest BCUT2D eigenvalue weighted by Gasteiger charge is 2.62. The monoisotopic (exact) mass is 720 g/mol. The van der Waals surface area contributed by atoms with Crippen molar-refractivity contribution in [1.29, 1.82) is 0 Å². The van der Waals surface area contributed by atoms with Crippen molar-refractivity contribution in [2.75, 3.05) is 19.8 Å². The molecular weight excluding hydrogens is 660 g/mol. The third kappa shape index (κ3) is 13.0. The number of ether oxygens (including phenoxy) is 7. The maximum atomic E-state index is 13.0. The number of hydrogen-bond donors (Lipinski definition) is 4. The number of rotatable bonds is 22. The first-order valence-electron chi connectivity index (χ1n) is 18.0. The number of unbranched alkanes of at least 4 members (excludes halogenated alkanes) is 8. The van der Waals surface area contributed by atoms with E-state index >= 15 is 0 Å². The normalized spacial score (nSPS) is 29.6. The summed E-state index contributed by atoms with van der Waals surface area (Å²) in [5.41, 5.74) is 0. The highest BCUT2D eigenvalue weighted by molar-refractivity contribution is 5.72. The SMILES string of the molecule is CCCCCCCCCCCC(=O)OC1C(O)C(CO)OC1(CO)OC1OC(CO)C(OC(=O)CC(C)C)C(OC(=O)C(C)C)C1OC(C)=O. The molecule has 0 aromatic carbocycles. The van der Waals surface area contributed by atoms with Gasteiger partial charge in [-0.1, -0.05) is 86.0 Å². The Bertz CT molecular complexity index is 1050. The molecule has 0 aliphatic carbocycles. The van der Waals surface area contributed by atoms with E-state index in [1.54, 1.807) is 27.7 Å². The number of esters is 4. The Balaban J connectivity index is 2.34. The molecule has 2 rings (SSSR count). The van der Waals surface area contributed by atoms with E-state index in [-0.39, 0.29) is 18.8 Å². The lowest BCUT2D eigenvalue weighted by Crippen LogP contribution is -2.65. The molecule has 290 valence electrons. The van der Waals surface area contributed by atoms with Crippen LogP contribution in [0.25, 0.3) is 0 Å². The summed E-state index contributed by atoms with van der Waals surface area (Å²) in [6.07, 6.45) is -3.46. The van der Waals surface area contributed by atoms with Crippen LogP contribution in [0, 0.1) is 11.8 Å². The zero-order chi connectivity index (χ0) is 37.4. The van der Waals surface area contributed by atoms with Gasteiger partial charge in [0.15, 0.2) is 24.4 Å². The second-order valence-corrected chi connectivity index (χ2v) is 13.8. The number of aliphatic hydroxyl groups is 4. The van der Waals surface area contributed by atoms with Crippen LogP contribution in [0.1, 0.15) is 112 Å². The lowest BCUT2D eigenvalue weighted by Gasteiger charge is -2.46. The number of carbonyl (C=O) groups is 4. The maximum Gasteiger partial charge on any atom is 0.308 e. The summed E-state index contributed by atoms with van der Waals surface area (Å²) in [6.45, 7) is 7.32. The average Bonchev–Trinajstić information content (AvgIpc) is 3.31. The Morgan fingerprint density at radius 3 is 1.86 bits per heavy atom. The summed E-state index contributed by atoms with van der Waals surface area (Å²) in [7, 11) is 0. The van der Waals surface area contributed by atoms with Crippen molar-refractivity contribution in [2.45, 2.75) is 167 Å². The van der Waals surface area contributed by atoms with Crippen LogP contribution in [0.2, 0.25) is 0 Å². The molecule has 2 aliphatic heterocycles. The highest BCUT2D eigenvalue weighted by atomic mass is 16.8. The van der Waals surface area contributed by atoms with Gasteiger partial charge >= 0.3 is 23.9 Å². The molecule has 2 heterocycles.